The van der Waals surface area contributed by atoms with Crippen LogP contribution in [-0.2, 0) is 4.79 Å². The molecule has 130 valence electrons. The summed E-state index contributed by atoms with van der Waals surface area (Å²) in [6.07, 6.45) is 3.29. The molecule has 5 rings (SSSR count). The molecule has 2 N–H and O–H groups in total. The summed E-state index contributed by atoms with van der Waals surface area (Å²) in [5, 5.41) is 10.4. The zero-order valence-electron chi connectivity index (χ0n) is 14.2. The molecule has 2 atom stereocenters. The molecular weight excluding hydrogens is 318 g/mol. The lowest BCUT2D eigenvalue weighted by Gasteiger charge is -2.18. The Balaban J connectivity index is 1.27. The molecule has 6 nitrogen and oxygen atoms in total. The Bertz CT molecular complexity index is 840. The van der Waals surface area contributed by atoms with E-state index in [1.165, 1.54) is 18.5 Å². The first-order valence-electron chi connectivity index (χ1n) is 8.96. The van der Waals surface area contributed by atoms with Gasteiger partial charge in [-0.25, -0.2) is 0 Å². The van der Waals surface area contributed by atoms with E-state index < -0.39 is 0 Å². The van der Waals surface area contributed by atoms with Crippen LogP contribution in [0.4, 0.5) is 5.82 Å². The minimum absolute atomic E-state index is 0.00281. The highest BCUT2D eigenvalue weighted by molar-refractivity contribution is 5.95. The number of hydrogen-bond acceptors (Lipinski definition) is 4. The van der Waals surface area contributed by atoms with E-state index in [1.54, 1.807) is 0 Å². The highest BCUT2D eigenvalue weighted by Gasteiger charge is 2.44. The van der Waals surface area contributed by atoms with E-state index in [9.17, 15) is 4.79 Å². The monoisotopic (exact) mass is 339 g/mol. The molecule has 1 aromatic carbocycles. The van der Waals surface area contributed by atoms with Crippen molar-refractivity contribution in [2.75, 3.05) is 18.5 Å². The van der Waals surface area contributed by atoms with Crippen molar-refractivity contribution in [1.82, 2.24) is 10.2 Å². The van der Waals surface area contributed by atoms with Gasteiger partial charge in [-0.2, -0.15) is 5.10 Å². The van der Waals surface area contributed by atoms with Gasteiger partial charge in [0, 0.05) is 23.1 Å². The Morgan fingerprint density at radius 3 is 2.84 bits per heavy atom. The molecule has 1 amide bonds. The molecule has 2 aliphatic carbocycles. The number of rotatable bonds is 4. The van der Waals surface area contributed by atoms with Crippen molar-refractivity contribution >= 4 is 11.7 Å². The molecule has 3 aliphatic rings. The molecule has 6 heteroatoms. The number of fused-ring (bicyclic) bond motifs is 1. The molecule has 0 saturated heterocycles. The van der Waals surface area contributed by atoms with Crippen molar-refractivity contribution in [2.24, 2.45) is 5.92 Å². The minimum atomic E-state index is 0.00281. The first-order valence-corrected chi connectivity index (χ1v) is 8.96. The van der Waals surface area contributed by atoms with Crippen LogP contribution in [-0.4, -0.2) is 29.3 Å². The zero-order chi connectivity index (χ0) is 17.0. The van der Waals surface area contributed by atoms with E-state index in [1.807, 2.05) is 25.1 Å². The number of carbonyl (C=O) groups is 1. The van der Waals surface area contributed by atoms with Crippen molar-refractivity contribution < 1.29 is 14.3 Å². The summed E-state index contributed by atoms with van der Waals surface area (Å²) in [6.45, 7) is 3.19. The maximum atomic E-state index is 12.6. The maximum Gasteiger partial charge on any atom is 0.229 e. The third-order valence-electron chi connectivity index (χ3n) is 5.40. The quantitative estimate of drug-likeness (QED) is 0.897. The molecule has 0 bridgehead atoms. The Morgan fingerprint density at radius 1 is 1.24 bits per heavy atom. The Labute approximate surface area is 145 Å². The number of hydrogen-bond donors (Lipinski definition) is 2. The molecule has 0 unspecified atom stereocenters. The standard InChI is InChI=1S/C19H21N3O3/c1-10-17(11-2-3-11)21-22-18(10)20-19(23)14-9-13(14)12-4-5-15-16(8-12)25-7-6-24-15/h4-5,8,11,13-14H,2-3,6-7,9H2,1H3,(H2,20,21,22,23)/t13-,14+/m1/s1. The van der Waals surface area contributed by atoms with Gasteiger partial charge in [-0.15, -0.1) is 0 Å². The van der Waals surface area contributed by atoms with Gasteiger partial charge >= 0.3 is 0 Å². The average molecular weight is 339 g/mol. The van der Waals surface area contributed by atoms with Crippen LogP contribution in [0.15, 0.2) is 18.2 Å². The molecule has 1 aromatic heterocycles. The summed E-state index contributed by atoms with van der Waals surface area (Å²) in [6, 6.07) is 5.99. The average Bonchev–Trinajstić information content (AvgIpc) is 3.54. The predicted octanol–water partition coefficient (Wildman–Crippen LogP) is 3.11. The van der Waals surface area contributed by atoms with Crippen LogP contribution >= 0.6 is 0 Å². The topological polar surface area (TPSA) is 76.2 Å². The van der Waals surface area contributed by atoms with Gasteiger partial charge in [0.25, 0.3) is 0 Å². The van der Waals surface area contributed by atoms with Gasteiger partial charge in [0.2, 0.25) is 5.91 Å². The third kappa shape index (κ3) is 2.65. The highest BCUT2D eigenvalue weighted by Crippen LogP contribution is 2.50. The Morgan fingerprint density at radius 2 is 2.04 bits per heavy atom. The smallest absolute Gasteiger partial charge is 0.229 e. The van der Waals surface area contributed by atoms with Crippen LogP contribution in [0.5, 0.6) is 11.5 Å². The van der Waals surface area contributed by atoms with E-state index in [-0.39, 0.29) is 17.7 Å². The van der Waals surface area contributed by atoms with Crippen molar-refractivity contribution in [3.8, 4) is 11.5 Å². The van der Waals surface area contributed by atoms with Gasteiger partial charge in [-0.05, 0) is 49.8 Å². The van der Waals surface area contributed by atoms with Crippen molar-refractivity contribution in [3.63, 3.8) is 0 Å². The van der Waals surface area contributed by atoms with E-state index >= 15 is 0 Å². The fraction of sp³-hybridized carbons (Fsp3) is 0.474. The number of nitrogens with zero attached hydrogens (tertiary/aromatic N) is 1. The molecule has 2 fully saturated rings. The van der Waals surface area contributed by atoms with Gasteiger partial charge in [0.15, 0.2) is 17.3 Å². The van der Waals surface area contributed by atoms with E-state index in [0.717, 1.165) is 29.0 Å². The molecular formula is C19H21N3O3. The number of aromatic nitrogens is 2. The summed E-state index contributed by atoms with van der Waals surface area (Å²) in [5.41, 5.74) is 3.39. The number of aromatic amines is 1. The Hall–Kier alpha value is -2.50. The van der Waals surface area contributed by atoms with Gasteiger partial charge in [0.1, 0.15) is 13.2 Å². The molecule has 1 aliphatic heterocycles. The predicted molar refractivity (Wildman–Crippen MR) is 92.2 cm³/mol. The van der Waals surface area contributed by atoms with E-state index in [4.69, 9.17) is 9.47 Å². The second-order valence-corrected chi connectivity index (χ2v) is 7.23. The normalized spacial score (nSPS) is 24.0. The molecule has 0 spiro atoms. The lowest BCUT2D eigenvalue weighted by atomic mass is 10.1. The number of amides is 1. The van der Waals surface area contributed by atoms with Crippen LogP contribution in [0.1, 0.15) is 47.9 Å². The molecule has 2 saturated carbocycles. The highest BCUT2D eigenvalue weighted by atomic mass is 16.6. The Kier molecular flexibility index (Phi) is 3.26. The fourth-order valence-electron chi connectivity index (χ4n) is 3.66. The van der Waals surface area contributed by atoms with Crippen LogP contribution in [0.2, 0.25) is 0 Å². The van der Waals surface area contributed by atoms with Gasteiger partial charge in [0.05, 0.1) is 0 Å². The summed E-state index contributed by atoms with van der Waals surface area (Å²) >= 11 is 0. The molecule has 25 heavy (non-hydrogen) atoms. The van der Waals surface area contributed by atoms with E-state index in [2.05, 4.69) is 15.5 Å². The second-order valence-electron chi connectivity index (χ2n) is 7.23. The number of benzene rings is 1. The summed E-state index contributed by atoms with van der Waals surface area (Å²) < 4.78 is 11.2. The molecule has 2 heterocycles. The number of anilines is 1. The first-order chi connectivity index (χ1) is 12.2. The zero-order valence-corrected chi connectivity index (χ0v) is 14.2. The lowest BCUT2D eigenvalue weighted by Crippen LogP contribution is -2.16. The van der Waals surface area contributed by atoms with Crippen molar-refractivity contribution in [1.29, 1.82) is 0 Å². The fourth-order valence-corrected chi connectivity index (χ4v) is 3.66. The second kappa shape index (κ2) is 5.51. The number of H-pyrrole nitrogens is 1. The summed E-state index contributed by atoms with van der Waals surface area (Å²) in [4.78, 5) is 12.6. The SMILES string of the molecule is Cc1c(NC(=O)[C@H]2C[C@@H]2c2ccc3c(c2)OCCO3)n[nH]c1C1CC1. The van der Waals surface area contributed by atoms with Crippen molar-refractivity contribution in [2.45, 2.75) is 38.0 Å². The van der Waals surface area contributed by atoms with Crippen LogP contribution in [0.3, 0.4) is 0 Å². The summed E-state index contributed by atoms with van der Waals surface area (Å²) in [5.74, 6) is 3.16. The van der Waals surface area contributed by atoms with Crippen LogP contribution < -0.4 is 14.8 Å². The van der Waals surface area contributed by atoms with Gasteiger partial charge < -0.3 is 14.8 Å². The molecule has 0 radical (unpaired) electrons. The number of ether oxygens (including phenoxy) is 2. The molecule has 2 aromatic rings. The van der Waals surface area contributed by atoms with Gasteiger partial charge in [-0.1, -0.05) is 6.07 Å². The van der Waals surface area contributed by atoms with Crippen LogP contribution in [0, 0.1) is 12.8 Å². The van der Waals surface area contributed by atoms with Crippen molar-refractivity contribution in [3.05, 3.63) is 35.0 Å². The largest absolute Gasteiger partial charge is 0.486 e. The first kappa shape index (κ1) is 14.8. The van der Waals surface area contributed by atoms with Gasteiger partial charge in [-0.3, -0.25) is 9.89 Å². The number of nitrogens with one attached hydrogen (secondary N) is 2. The lowest BCUT2D eigenvalue weighted by molar-refractivity contribution is -0.117. The van der Waals surface area contributed by atoms with E-state index in [0.29, 0.717) is 24.9 Å². The maximum absolute atomic E-state index is 12.6. The van der Waals surface area contributed by atoms with Crippen LogP contribution in [0.25, 0.3) is 0 Å². The number of carbonyl (C=O) groups excluding carboxylic acids is 1. The minimum Gasteiger partial charge on any atom is -0.486 e. The summed E-state index contributed by atoms with van der Waals surface area (Å²) in [7, 11) is 0. The third-order valence-corrected chi connectivity index (χ3v) is 5.40.